The second-order valence-corrected chi connectivity index (χ2v) is 11.5. The van der Waals surface area contributed by atoms with E-state index < -0.39 is 16.0 Å². The van der Waals surface area contributed by atoms with E-state index in [2.05, 4.69) is 11.8 Å². The molecule has 0 saturated heterocycles. The molecular formula is C23H33N3O5S. The highest BCUT2D eigenvalue weighted by Gasteiger charge is 2.61. The van der Waals surface area contributed by atoms with Crippen molar-refractivity contribution in [2.45, 2.75) is 61.9 Å². The van der Waals surface area contributed by atoms with Crippen LogP contribution in [0.15, 0.2) is 29.4 Å². The number of carbonyl (C=O) groups is 1. The monoisotopic (exact) mass is 463 g/mol. The lowest BCUT2D eigenvalue weighted by Crippen LogP contribution is -2.69. The maximum atomic E-state index is 13.7. The van der Waals surface area contributed by atoms with Crippen molar-refractivity contribution < 1.29 is 23.1 Å². The number of sulfonamides is 1. The molecule has 9 heteroatoms. The number of fused-ring (bicyclic) bond motifs is 1. The summed E-state index contributed by atoms with van der Waals surface area (Å²) in [6.45, 7) is 2.80. The molecule has 1 aromatic carbocycles. The van der Waals surface area contributed by atoms with Gasteiger partial charge >= 0.3 is 5.97 Å². The number of aliphatic carboxylic acids is 1. The van der Waals surface area contributed by atoms with Crippen LogP contribution in [0.1, 0.15) is 45.4 Å². The van der Waals surface area contributed by atoms with Crippen LogP contribution in [0.2, 0.25) is 0 Å². The van der Waals surface area contributed by atoms with Gasteiger partial charge in [-0.05, 0) is 37.7 Å². The van der Waals surface area contributed by atoms with Crippen molar-refractivity contribution in [2.24, 2.45) is 5.92 Å². The third kappa shape index (κ3) is 3.75. The maximum Gasteiger partial charge on any atom is 0.331 e. The summed E-state index contributed by atoms with van der Waals surface area (Å²) in [5.41, 5.74) is 1.49. The van der Waals surface area contributed by atoms with Gasteiger partial charge in [-0.15, -0.1) is 0 Å². The zero-order valence-corrected chi connectivity index (χ0v) is 20.1. The van der Waals surface area contributed by atoms with E-state index in [1.165, 1.54) is 4.31 Å². The van der Waals surface area contributed by atoms with Crippen molar-refractivity contribution >= 4 is 27.4 Å². The molecule has 1 aromatic rings. The zero-order valence-electron chi connectivity index (χ0n) is 19.2. The van der Waals surface area contributed by atoms with Crippen LogP contribution in [0.4, 0.5) is 11.4 Å². The second kappa shape index (κ2) is 8.26. The molecule has 3 saturated carbocycles. The second-order valence-electron chi connectivity index (χ2n) is 9.57. The van der Waals surface area contributed by atoms with E-state index in [0.29, 0.717) is 18.0 Å². The van der Waals surface area contributed by atoms with Crippen LogP contribution in [0.3, 0.4) is 0 Å². The van der Waals surface area contributed by atoms with Gasteiger partial charge in [0.05, 0.1) is 23.7 Å². The molecule has 32 heavy (non-hydrogen) atoms. The van der Waals surface area contributed by atoms with E-state index in [1.54, 1.807) is 13.1 Å². The van der Waals surface area contributed by atoms with Gasteiger partial charge in [0.15, 0.2) is 5.75 Å². The number of ether oxygens (including phenoxy) is 1. The molecule has 3 aliphatic carbocycles. The summed E-state index contributed by atoms with van der Waals surface area (Å²) in [4.78, 5) is 15.3. The third-order valence-electron chi connectivity index (χ3n) is 7.25. The molecule has 0 amide bonds. The summed E-state index contributed by atoms with van der Waals surface area (Å²) in [5, 5.41) is 8.89. The number of rotatable bonds is 8. The summed E-state index contributed by atoms with van der Waals surface area (Å²) < 4.78 is 34.6. The Morgan fingerprint density at radius 1 is 1.31 bits per heavy atom. The normalized spacial score (nSPS) is 28.4. The predicted molar refractivity (Wildman–Crippen MR) is 124 cm³/mol. The van der Waals surface area contributed by atoms with Crippen molar-refractivity contribution in [3.05, 3.63) is 24.5 Å². The number of benzene rings is 1. The lowest BCUT2D eigenvalue weighted by atomic mass is 9.49. The fourth-order valence-corrected chi connectivity index (χ4v) is 6.83. The Balaban J connectivity index is 1.85. The molecule has 0 radical (unpaired) electrons. The molecule has 176 valence electrons. The average Bonchev–Trinajstić information content (AvgIpc) is 2.72. The highest BCUT2D eigenvalue weighted by atomic mass is 32.2. The minimum absolute atomic E-state index is 0.0553. The van der Waals surface area contributed by atoms with Gasteiger partial charge in [-0.3, -0.25) is 0 Å². The first-order chi connectivity index (χ1) is 15.1. The SMILES string of the molecule is CCCC[C@@H]1CN(C23CC(C2)C3)c2cc(N(C)C)c(O/C=C/C(=O)O)cc2S(=O)(=O)N1C. The van der Waals surface area contributed by atoms with Gasteiger partial charge in [0.25, 0.3) is 0 Å². The molecule has 8 nitrogen and oxygen atoms in total. The van der Waals surface area contributed by atoms with Gasteiger partial charge < -0.3 is 19.6 Å². The predicted octanol–water partition coefficient (Wildman–Crippen LogP) is 3.28. The summed E-state index contributed by atoms with van der Waals surface area (Å²) in [7, 11) is 1.65. The van der Waals surface area contributed by atoms with Crippen molar-refractivity contribution in [2.75, 3.05) is 37.5 Å². The quantitative estimate of drug-likeness (QED) is 0.467. The van der Waals surface area contributed by atoms with Crippen LogP contribution in [-0.4, -0.2) is 63.1 Å². The molecule has 2 bridgehead atoms. The van der Waals surface area contributed by atoms with Gasteiger partial charge in [-0.25, -0.2) is 13.2 Å². The largest absolute Gasteiger partial charge is 0.478 e. The standard InChI is InChI=1S/C23H33N3O5S/c1-5-6-7-17-15-26(23-12-16(13-23)14-23)19-10-18(24(2)3)20(31-9-8-22(27)28)11-21(19)32(29,30)25(17)4/h8-11,16-17H,5-7,12-15H2,1-4H3,(H,27,28)/b9-8+/t16?,17-,23?/m1/s1. The van der Waals surface area contributed by atoms with Gasteiger partial charge in [-0.2, -0.15) is 4.31 Å². The molecule has 3 fully saturated rings. The molecule has 1 aliphatic heterocycles. The average molecular weight is 464 g/mol. The van der Waals surface area contributed by atoms with Gasteiger partial charge in [0, 0.05) is 45.3 Å². The Morgan fingerprint density at radius 3 is 2.53 bits per heavy atom. The number of likely N-dealkylation sites (N-methyl/N-ethyl adjacent to an activating group) is 1. The van der Waals surface area contributed by atoms with Crippen molar-refractivity contribution in [3.63, 3.8) is 0 Å². The first kappa shape index (κ1) is 22.9. The number of hydrogen-bond donors (Lipinski definition) is 1. The Hall–Kier alpha value is -2.26. The molecule has 1 atom stereocenters. The maximum absolute atomic E-state index is 13.7. The van der Waals surface area contributed by atoms with Crippen LogP contribution >= 0.6 is 0 Å². The molecule has 0 aromatic heterocycles. The number of carboxylic acids is 1. The van der Waals surface area contributed by atoms with Crippen LogP contribution in [0, 0.1) is 5.92 Å². The lowest BCUT2D eigenvalue weighted by molar-refractivity contribution is -0.131. The number of anilines is 2. The topological polar surface area (TPSA) is 90.4 Å². The first-order valence-electron chi connectivity index (χ1n) is 11.3. The van der Waals surface area contributed by atoms with Gasteiger partial charge in [0.1, 0.15) is 4.90 Å². The minimum atomic E-state index is -3.75. The van der Waals surface area contributed by atoms with Crippen LogP contribution in [-0.2, 0) is 14.8 Å². The van der Waals surface area contributed by atoms with Crippen LogP contribution < -0.4 is 14.5 Å². The van der Waals surface area contributed by atoms with E-state index in [4.69, 9.17) is 9.84 Å². The summed E-state index contributed by atoms with van der Waals surface area (Å²) in [6, 6.07) is 3.36. The number of nitrogens with zero attached hydrogens (tertiary/aromatic N) is 3. The van der Waals surface area contributed by atoms with Crippen LogP contribution in [0.25, 0.3) is 0 Å². The summed E-state index contributed by atoms with van der Waals surface area (Å²) >= 11 is 0. The molecule has 4 aliphatic rings. The van der Waals surface area contributed by atoms with E-state index in [1.807, 2.05) is 25.1 Å². The Morgan fingerprint density at radius 2 is 2.00 bits per heavy atom. The molecule has 1 heterocycles. The Labute approximate surface area is 190 Å². The molecule has 0 spiro atoms. The van der Waals surface area contributed by atoms with E-state index >= 15 is 0 Å². The van der Waals surface area contributed by atoms with E-state index in [-0.39, 0.29) is 16.5 Å². The highest BCUT2D eigenvalue weighted by molar-refractivity contribution is 7.89. The third-order valence-corrected chi connectivity index (χ3v) is 9.19. The van der Waals surface area contributed by atoms with E-state index in [9.17, 15) is 13.2 Å². The Bertz CT molecular complexity index is 1020. The lowest BCUT2D eigenvalue weighted by Gasteiger charge is -2.67. The summed E-state index contributed by atoms with van der Waals surface area (Å²) in [5.74, 6) is -0.0536. The fraction of sp³-hybridized carbons (Fsp3) is 0.609. The molecular weight excluding hydrogens is 430 g/mol. The van der Waals surface area contributed by atoms with Crippen molar-refractivity contribution in [1.29, 1.82) is 0 Å². The van der Waals surface area contributed by atoms with Gasteiger partial charge in [0.2, 0.25) is 10.0 Å². The molecule has 5 rings (SSSR count). The summed E-state index contributed by atoms with van der Waals surface area (Å²) in [6.07, 6.45) is 8.13. The highest BCUT2D eigenvalue weighted by Crippen LogP contribution is 2.62. The minimum Gasteiger partial charge on any atom is -0.478 e. The van der Waals surface area contributed by atoms with Crippen LogP contribution in [0.5, 0.6) is 5.75 Å². The van der Waals surface area contributed by atoms with Crippen molar-refractivity contribution in [3.8, 4) is 5.75 Å². The molecule has 1 N–H and O–H groups in total. The van der Waals surface area contributed by atoms with E-state index in [0.717, 1.165) is 62.5 Å². The number of carboxylic acid groups (broad SMARTS) is 1. The smallest absolute Gasteiger partial charge is 0.331 e. The van der Waals surface area contributed by atoms with Crippen molar-refractivity contribution in [1.82, 2.24) is 4.31 Å². The fourth-order valence-electron chi connectivity index (χ4n) is 5.27. The first-order valence-corrected chi connectivity index (χ1v) is 12.7. The Kier molecular flexibility index (Phi) is 5.92. The van der Waals surface area contributed by atoms with Gasteiger partial charge in [-0.1, -0.05) is 19.8 Å². The number of unbranched alkanes of at least 4 members (excludes halogenated alkanes) is 1. The number of hydrogen-bond acceptors (Lipinski definition) is 6. The molecule has 0 unspecified atom stereocenters. The zero-order chi connectivity index (χ0) is 23.3.